The van der Waals surface area contributed by atoms with Crippen molar-refractivity contribution in [3.8, 4) is 11.5 Å². The van der Waals surface area contributed by atoms with Gasteiger partial charge in [-0.25, -0.2) is 4.39 Å². The molecule has 3 rings (SSSR count). The quantitative estimate of drug-likeness (QED) is 0.913. The fourth-order valence-corrected chi connectivity index (χ4v) is 3.35. The van der Waals surface area contributed by atoms with Crippen LogP contribution in [0.5, 0.6) is 11.5 Å². The molecule has 2 N–H and O–H groups in total. The second-order valence-electron chi connectivity index (χ2n) is 5.56. The second kappa shape index (κ2) is 5.00. The van der Waals surface area contributed by atoms with Gasteiger partial charge in [-0.15, -0.1) is 0 Å². The molecule has 0 bridgehead atoms. The standard InChI is InChI=1S/C15H20FNO2/c16-8-11-6-12(14-13(7-11)18-10-19-14)15(9-17)4-2-1-3-5-15/h6-7H,1-5,8-10,17H2. The summed E-state index contributed by atoms with van der Waals surface area (Å²) in [6, 6.07) is 3.66. The van der Waals surface area contributed by atoms with E-state index in [1.54, 1.807) is 6.07 Å². The Morgan fingerprint density at radius 3 is 2.63 bits per heavy atom. The van der Waals surface area contributed by atoms with Crippen LogP contribution >= 0.6 is 0 Å². The van der Waals surface area contributed by atoms with Gasteiger partial charge in [0.25, 0.3) is 0 Å². The Bertz CT molecular complexity index is 469. The Morgan fingerprint density at radius 1 is 1.16 bits per heavy atom. The molecule has 1 fully saturated rings. The molecule has 1 saturated carbocycles. The number of nitrogens with two attached hydrogens (primary N) is 1. The third kappa shape index (κ3) is 2.08. The fraction of sp³-hybridized carbons (Fsp3) is 0.600. The minimum absolute atomic E-state index is 0.0682. The molecule has 0 radical (unpaired) electrons. The summed E-state index contributed by atoms with van der Waals surface area (Å²) in [7, 11) is 0. The Kier molecular flexibility index (Phi) is 3.35. The molecule has 2 aliphatic rings. The minimum Gasteiger partial charge on any atom is -0.454 e. The van der Waals surface area contributed by atoms with Gasteiger partial charge in [-0.05, 0) is 30.5 Å². The molecule has 4 heteroatoms. The van der Waals surface area contributed by atoms with Gasteiger partial charge >= 0.3 is 0 Å². The van der Waals surface area contributed by atoms with E-state index >= 15 is 0 Å². The lowest BCUT2D eigenvalue weighted by atomic mass is 9.69. The molecule has 3 nitrogen and oxygen atoms in total. The van der Waals surface area contributed by atoms with E-state index in [0.717, 1.165) is 24.2 Å². The Labute approximate surface area is 112 Å². The van der Waals surface area contributed by atoms with Crippen molar-refractivity contribution in [1.82, 2.24) is 0 Å². The normalized spacial score (nSPS) is 20.5. The minimum atomic E-state index is -0.482. The van der Waals surface area contributed by atoms with Gasteiger partial charge in [-0.2, -0.15) is 0 Å². The number of fused-ring (bicyclic) bond motifs is 1. The molecular formula is C15H20FNO2. The highest BCUT2D eigenvalue weighted by Gasteiger charge is 2.37. The van der Waals surface area contributed by atoms with Gasteiger partial charge in [0, 0.05) is 17.5 Å². The van der Waals surface area contributed by atoms with E-state index in [1.165, 1.54) is 19.3 Å². The number of rotatable bonds is 3. The summed E-state index contributed by atoms with van der Waals surface area (Å²) in [5.41, 5.74) is 7.70. The van der Waals surface area contributed by atoms with Crippen LogP contribution in [0.1, 0.15) is 43.2 Å². The summed E-state index contributed by atoms with van der Waals surface area (Å²) in [5, 5.41) is 0. The zero-order chi connectivity index (χ0) is 13.3. The van der Waals surface area contributed by atoms with Crippen LogP contribution < -0.4 is 15.2 Å². The molecule has 19 heavy (non-hydrogen) atoms. The molecule has 0 saturated heterocycles. The molecule has 104 valence electrons. The van der Waals surface area contributed by atoms with Crippen molar-refractivity contribution in [3.63, 3.8) is 0 Å². The summed E-state index contributed by atoms with van der Waals surface area (Å²) in [6.07, 6.45) is 5.70. The van der Waals surface area contributed by atoms with Gasteiger partial charge in [0.2, 0.25) is 6.79 Å². The number of benzene rings is 1. The Morgan fingerprint density at radius 2 is 1.95 bits per heavy atom. The van der Waals surface area contributed by atoms with Crippen LogP contribution in [-0.2, 0) is 12.1 Å². The third-order valence-electron chi connectivity index (χ3n) is 4.46. The number of hydrogen-bond acceptors (Lipinski definition) is 3. The van der Waals surface area contributed by atoms with Crippen molar-refractivity contribution in [2.45, 2.75) is 44.2 Å². The number of halogens is 1. The van der Waals surface area contributed by atoms with Gasteiger partial charge in [0.15, 0.2) is 11.5 Å². The number of alkyl halides is 1. The summed E-state index contributed by atoms with van der Waals surface area (Å²) < 4.78 is 24.1. The van der Waals surface area contributed by atoms with E-state index in [0.29, 0.717) is 17.9 Å². The Balaban J connectivity index is 2.09. The lowest BCUT2D eigenvalue weighted by Gasteiger charge is -2.37. The van der Waals surface area contributed by atoms with Crippen molar-refractivity contribution in [2.24, 2.45) is 5.73 Å². The predicted octanol–water partition coefficient (Wildman–Crippen LogP) is 3.05. The molecule has 0 atom stereocenters. The molecular weight excluding hydrogens is 245 g/mol. The average molecular weight is 265 g/mol. The number of hydrogen-bond donors (Lipinski definition) is 1. The lowest BCUT2D eigenvalue weighted by Crippen LogP contribution is -2.37. The van der Waals surface area contributed by atoms with E-state index in [2.05, 4.69) is 0 Å². The maximum Gasteiger partial charge on any atom is 0.231 e. The highest BCUT2D eigenvalue weighted by atomic mass is 19.1. The third-order valence-corrected chi connectivity index (χ3v) is 4.46. The van der Waals surface area contributed by atoms with Crippen LogP contribution in [-0.4, -0.2) is 13.3 Å². The van der Waals surface area contributed by atoms with E-state index in [4.69, 9.17) is 15.2 Å². The number of ether oxygens (including phenoxy) is 2. The molecule has 1 aromatic rings. The average Bonchev–Trinajstić information content (AvgIpc) is 2.95. The molecule has 0 aromatic heterocycles. The van der Waals surface area contributed by atoms with Crippen LogP contribution in [0.3, 0.4) is 0 Å². The van der Waals surface area contributed by atoms with Gasteiger partial charge in [0.1, 0.15) is 6.67 Å². The molecule has 0 unspecified atom stereocenters. The van der Waals surface area contributed by atoms with Crippen molar-refractivity contribution in [2.75, 3.05) is 13.3 Å². The molecule has 1 aliphatic heterocycles. The molecule has 1 heterocycles. The van der Waals surface area contributed by atoms with E-state index in [1.807, 2.05) is 6.07 Å². The molecule has 1 aromatic carbocycles. The van der Waals surface area contributed by atoms with Gasteiger partial charge in [-0.1, -0.05) is 19.3 Å². The van der Waals surface area contributed by atoms with Crippen molar-refractivity contribution in [1.29, 1.82) is 0 Å². The first kappa shape index (κ1) is 12.7. The monoisotopic (exact) mass is 265 g/mol. The van der Waals surface area contributed by atoms with Crippen LogP contribution in [0, 0.1) is 0 Å². The van der Waals surface area contributed by atoms with E-state index in [9.17, 15) is 4.39 Å². The molecule has 0 spiro atoms. The smallest absolute Gasteiger partial charge is 0.231 e. The molecule has 1 aliphatic carbocycles. The summed E-state index contributed by atoms with van der Waals surface area (Å²) in [6.45, 7) is 0.321. The zero-order valence-corrected chi connectivity index (χ0v) is 11.1. The largest absolute Gasteiger partial charge is 0.454 e. The second-order valence-corrected chi connectivity index (χ2v) is 5.56. The van der Waals surface area contributed by atoms with Crippen LogP contribution in [0.15, 0.2) is 12.1 Å². The van der Waals surface area contributed by atoms with Crippen molar-refractivity contribution in [3.05, 3.63) is 23.3 Å². The predicted molar refractivity (Wildman–Crippen MR) is 71.2 cm³/mol. The van der Waals surface area contributed by atoms with Gasteiger partial charge < -0.3 is 15.2 Å². The topological polar surface area (TPSA) is 44.5 Å². The van der Waals surface area contributed by atoms with Crippen LogP contribution in [0.25, 0.3) is 0 Å². The van der Waals surface area contributed by atoms with Gasteiger partial charge in [-0.3, -0.25) is 0 Å². The maximum absolute atomic E-state index is 13.0. The zero-order valence-electron chi connectivity index (χ0n) is 11.1. The first-order chi connectivity index (χ1) is 9.29. The van der Waals surface area contributed by atoms with E-state index in [-0.39, 0.29) is 12.2 Å². The summed E-state index contributed by atoms with van der Waals surface area (Å²) in [5.74, 6) is 1.45. The molecule has 0 amide bonds. The van der Waals surface area contributed by atoms with Crippen molar-refractivity contribution >= 4 is 0 Å². The highest BCUT2D eigenvalue weighted by Crippen LogP contribution is 2.48. The lowest BCUT2D eigenvalue weighted by molar-refractivity contribution is 0.170. The highest BCUT2D eigenvalue weighted by molar-refractivity contribution is 5.54. The fourth-order valence-electron chi connectivity index (χ4n) is 3.35. The van der Waals surface area contributed by atoms with Gasteiger partial charge in [0.05, 0.1) is 0 Å². The Hall–Kier alpha value is -1.29. The maximum atomic E-state index is 13.0. The first-order valence-corrected chi connectivity index (χ1v) is 6.98. The van der Waals surface area contributed by atoms with Crippen LogP contribution in [0.2, 0.25) is 0 Å². The SMILES string of the molecule is NCC1(c2cc(CF)cc3c2OCO3)CCCCC1. The summed E-state index contributed by atoms with van der Waals surface area (Å²) in [4.78, 5) is 0. The summed E-state index contributed by atoms with van der Waals surface area (Å²) >= 11 is 0. The van der Waals surface area contributed by atoms with E-state index < -0.39 is 6.67 Å². The van der Waals surface area contributed by atoms with Crippen LogP contribution in [0.4, 0.5) is 4.39 Å². The van der Waals surface area contributed by atoms with Crippen molar-refractivity contribution < 1.29 is 13.9 Å². The first-order valence-electron chi connectivity index (χ1n) is 6.98.